The second-order valence-electron chi connectivity index (χ2n) is 3.98. The molecule has 0 aliphatic rings. The predicted molar refractivity (Wildman–Crippen MR) is 72.6 cm³/mol. The molecule has 0 aliphatic heterocycles. The van der Waals surface area contributed by atoms with Gasteiger partial charge in [-0.1, -0.05) is 18.2 Å². The van der Waals surface area contributed by atoms with Crippen molar-refractivity contribution >= 4 is 11.3 Å². The molecule has 17 heavy (non-hydrogen) atoms. The number of hydrogen-bond donors (Lipinski definition) is 1. The number of para-hydroxylation sites is 1. The van der Waals surface area contributed by atoms with Crippen molar-refractivity contribution in [2.75, 3.05) is 7.11 Å². The monoisotopic (exact) mass is 247 g/mol. The lowest BCUT2D eigenvalue weighted by Crippen LogP contribution is -2.18. The molecule has 2 nitrogen and oxygen atoms in total. The van der Waals surface area contributed by atoms with Crippen LogP contribution in [0.1, 0.15) is 24.1 Å². The molecule has 0 fully saturated rings. The van der Waals surface area contributed by atoms with Gasteiger partial charge in [0.15, 0.2) is 0 Å². The Morgan fingerprint density at radius 3 is 2.82 bits per heavy atom. The van der Waals surface area contributed by atoms with E-state index in [0.717, 1.165) is 12.3 Å². The normalized spacial score (nSPS) is 12.4. The standard InChI is InChI=1S/C14H17NOS/c1-11(15-9-12-7-8-17-10-12)13-5-3-4-6-14(13)16-2/h3-8,10-11,15H,9H2,1-2H3. The molecule has 0 radical (unpaired) electrons. The lowest BCUT2D eigenvalue weighted by Gasteiger charge is -2.16. The molecule has 1 aromatic heterocycles. The van der Waals surface area contributed by atoms with Crippen molar-refractivity contribution in [1.82, 2.24) is 5.32 Å². The molecule has 0 aliphatic carbocycles. The van der Waals surface area contributed by atoms with Gasteiger partial charge in [-0.05, 0) is 35.4 Å². The van der Waals surface area contributed by atoms with Crippen LogP contribution in [0.2, 0.25) is 0 Å². The van der Waals surface area contributed by atoms with E-state index in [1.165, 1.54) is 11.1 Å². The minimum Gasteiger partial charge on any atom is -0.496 e. The van der Waals surface area contributed by atoms with Gasteiger partial charge < -0.3 is 10.1 Å². The third-order valence-corrected chi connectivity index (χ3v) is 3.53. The summed E-state index contributed by atoms with van der Waals surface area (Å²) < 4.78 is 5.37. The van der Waals surface area contributed by atoms with Gasteiger partial charge in [0, 0.05) is 18.2 Å². The van der Waals surface area contributed by atoms with Gasteiger partial charge in [0.2, 0.25) is 0 Å². The highest BCUT2D eigenvalue weighted by atomic mass is 32.1. The number of methoxy groups -OCH3 is 1. The zero-order valence-corrected chi connectivity index (χ0v) is 11.0. The van der Waals surface area contributed by atoms with E-state index in [-0.39, 0.29) is 6.04 Å². The summed E-state index contributed by atoms with van der Waals surface area (Å²) in [7, 11) is 1.71. The summed E-state index contributed by atoms with van der Waals surface area (Å²) in [6.45, 7) is 3.05. The first kappa shape index (κ1) is 12.1. The van der Waals surface area contributed by atoms with Crippen LogP contribution < -0.4 is 10.1 Å². The summed E-state index contributed by atoms with van der Waals surface area (Å²) in [5.74, 6) is 0.942. The molecule has 1 atom stereocenters. The molecule has 3 heteroatoms. The Morgan fingerprint density at radius 1 is 1.29 bits per heavy atom. The van der Waals surface area contributed by atoms with Crippen molar-refractivity contribution in [3.8, 4) is 5.75 Å². The highest BCUT2D eigenvalue weighted by molar-refractivity contribution is 7.07. The second-order valence-corrected chi connectivity index (χ2v) is 4.76. The summed E-state index contributed by atoms with van der Waals surface area (Å²) >= 11 is 1.73. The van der Waals surface area contributed by atoms with Gasteiger partial charge in [0.25, 0.3) is 0 Å². The van der Waals surface area contributed by atoms with Gasteiger partial charge >= 0.3 is 0 Å². The van der Waals surface area contributed by atoms with Crippen molar-refractivity contribution in [3.63, 3.8) is 0 Å². The number of thiophene rings is 1. The van der Waals surface area contributed by atoms with E-state index < -0.39 is 0 Å². The SMILES string of the molecule is COc1ccccc1C(C)NCc1ccsc1. The molecule has 2 aromatic rings. The highest BCUT2D eigenvalue weighted by Gasteiger charge is 2.09. The molecule has 0 saturated heterocycles. The molecule has 1 heterocycles. The average Bonchev–Trinajstić information content (AvgIpc) is 2.89. The Balaban J connectivity index is 2.01. The van der Waals surface area contributed by atoms with Crippen molar-refractivity contribution in [2.24, 2.45) is 0 Å². The van der Waals surface area contributed by atoms with Gasteiger partial charge in [0.05, 0.1) is 7.11 Å². The Morgan fingerprint density at radius 2 is 2.12 bits per heavy atom. The fourth-order valence-corrected chi connectivity index (χ4v) is 2.47. The van der Waals surface area contributed by atoms with Crippen LogP contribution in [0, 0.1) is 0 Å². The minimum absolute atomic E-state index is 0.283. The van der Waals surface area contributed by atoms with Gasteiger partial charge in [-0.25, -0.2) is 0 Å². The summed E-state index contributed by atoms with van der Waals surface area (Å²) in [6.07, 6.45) is 0. The van der Waals surface area contributed by atoms with Crippen LogP contribution in [0.4, 0.5) is 0 Å². The molecule has 0 spiro atoms. The molecule has 0 saturated carbocycles. The minimum atomic E-state index is 0.283. The van der Waals surface area contributed by atoms with Crippen LogP contribution in [-0.4, -0.2) is 7.11 Å². The topological polar surface area (TPSA) is 21.3 Å². The number of benzene rings is 1. The second kappa shape index (κ2) is 5.84. The maximum atomic E-state index is 5.37. The third kappa shape index (κ3) is 3.08. The highest BCUT2D eigenvalue weighted by Crippen LogP contribution is 2.24. The lowest BCUT2D eigenvalue weighted by molar-refractivity contribution is 0.401. The van der Waals surface area contributed by atoms with Crippen LogP contribution in [-0.2, 0) is 6.54 Å². The number of ether oxygens (including phenoxy) is 1. The molecule has 2 rings (SSSR count). The van der Waals surface area contributed by atoms with Gasteiger partial charge in [0.1, 0.15) is 5.75 Å². The summed E-state index contributed by atoms with van der Waals surface area (Å²) in [5.41, 5.74) is 2.53. The molecule has 1 aromatic carbocycles. The fraction of sp³-hybridized carbons (Fsp3) is 0.286. The molecule has 1 N–H and O–H groups in total. The van der Waals surface area contributed by atoms with E-state index in [2.05, 4.69) is 35.1 Å². The van der Waals surface area contributed by atoms with Gasteiger partial charge in [-0.2, -0.15) is 11.3 Å². The number of hydrogen-bond acceptors (Lipinski definition) is 3. The van der Waals surface area contributed by atoms with Crippen LogP contribution in [0.5, 0.6) is 5.75 Å². The zero-order valence-electron chi connectivity index (χ0n) is 10.1. The van der Waals surface area contributed by atoms with Crippen LogP contribution in [0.3, 0.4) is 0 Å². The van der Waals surface area contributed by atoms with Crippen LogP contribution in [0.15, 0.2) is 41.1 Å². The molecule has 90 valence electrons. The van der Waals surface area contributed by atoms with Crippen molar-refractivity contribution in [3.05, 3.63) is 52.2 Å². The predicted octanol–water partition coefficient (Wildman–Crippen LogP) is 3.61. The Kier molecular flexibility index (Phi) is 4.18. The van der Waals surface area contributed by atoms with Crippen LogP contribution in [0.25, 0.3) is 0 Å². The average molecular weight is 247 g/mol. The van der Waals surface area contributed by atoms with Gasteiger partial charge in [-0.15, -0.1) is 0 Å². The summed E-state index contributed by atoms with van der Waals surface area (Å²) in [6, 6.07) is 10.6. The van der Waals surface area contributed by atoms with E-state index in [1.807, 2.05) is 18.2 Å². The van der Waals surface area contributed by atoms with E-state index in [0.29, 0.717) is 0 Å². The summed E-state index contributed by atoms with van der Waals surface area (Å²) in [4.78, 5) is 0. The maximum Gasteiger partial charge on any atom is 0.123 e. The first-order valence-corrected chi connectivity index (χ1v) is 6.63. The molecule has 1 unspecified atom stereocenters. The number of nitrogens with one attached hydrogen (secondary N) is 1. The summed E-state index contributed by atoms with van der Waals surface area (Å²) in [5, 5.41) is 7.77. The van der Waals surface area contributed by atoms with E-state index in [4.69, 9.17) is 4.74 Å². The van der Waals surface area contributed by atoms with Gasteiger partial charge in [-0.3, -0.25) is 0 Å². The molecular formula is C14H17NOS. The smallest absolute Gasteiger partial charge is 0.123 e. The Hall–Kier alpha value is -1.32. The largest absolute Gasteiger partial charge is 0.496 e. The van der Waals surface area contributed by atoms with Crippen molar-refractivity contribution < 1.29 is 4.74 Å². The third-order valence-electron chi connectivity index (χ3n) is 2.80. The maximum absolute atomic E-state index is 5.37. The van der Waals surface area contributed by atoms with E-state index in [9.17, 15) is 0 Å². The van der Waals surface area contributed by atoms with Crippen LogP contribution >= 0.6 is 11.3 Å². The molecular weight excluding hydrogens is 230 g/mol. The van der Waals surface area contributed by atoms with E-state index in [1.54, 1.807) is 18.4 Å². The zero-order chi connectivity index (χ0) is 12.1. The van der Waals surface area contributed by atoms with E-state index >= 15 is 0 Å². The lowest BCUT2D eigenvalue weighted by atomic mass is 10.1. The first-order chi connectivity index (χ1) is 8.31. The molecule has 0 amide bonds. The number of rotatable bonds is 5. The molecule has 0 bridgehead atoms. The van der Waals surface area contributed by atoms with Crippen molar-refractivity contribution in [2.45, 2.75) is 19.5 Å². The Labute approximate surface area is 106 Å². The first-order valence-electron chi connectivity index (χ1n) is 5.68. The van der Waals surface area contributed by atoms with Crippen molar-refractivity contribution in [1.29, 1.82) is 0 Å². The Bertz CT molecular complexity index is 453. The quantitative estimate of drug-likeness (QED) is 0.871. The fourth-order valence-electron chi connectivity index (χ4n) is 1.80.